The largest absolute Gasteiger partial charge is 0.343 e. The Hall–Kier alpha value is -2.73. The van der Waals surface area contributed by atoms with Crippen molar-refractivity contribution in [2.75, 3.05) is 0 Å². The second-order valence-corrected chi connectivity index (χ2v) is 4.88. The predicted octanol–water partition coefficient (Wildman–Crippen LogP) is 2.72. The third-order valence-electron chi connectivity index (χ3n) is 2.89. The summed E-state index contributed by atoms with van der Waals surface area (Å²) in [4.78, 5) is 20.0. The molecule has 7 heteroatoms. The minimum Gasteiger partial charge on any atom is -0.343 e. The van der Waals surface area contributed by atoms with E-state index in [9.17, 15) is 4.79 Å². The summed E-state index contributed by atoms with van der Waals surface area (Å²) in [6, 6.07) is 10.5. The van der Waals surface area contributed by atoms with Gasteiger partial charge in [-0.3, -0.25) is 9.78 Å². The van der Waals surface area contributed by atoms with Crippen LogP contribution >= 0.6 is 11.6 Å². The molecule has 110 valence electrons. The number of nitrogens with one attached hydrogen (secondary N) is 1. The SMILES string of the molecule is O=C(NCc1nc(-c2ccc(Cl)cc2)no1)c1cccnc1. The molecule has 3 rings (SSSR count). The van der Waals surface area contributed by atoms with E-state index in [1.165, 1.54) is 6.20 Å². The number of aromatic nitrogens is 3. The Balaban J connectivity index is 1.65. The summed E-state index contributed by atoms with van der Waals surface area (Å²) in [6.07, 6.45) is 3.09. The molecule has 0 aliphatic rings. The van der Waals surface area contributed by atoms with Crippen LogP contribution in [0.2, 0.25) is 5.02 Å². The van der Waals surface area contributed by atoms with Gasteiger partial charge in [-0.15, -0.1) is 0 Å². The molecule has 0 radical (unpaired) electrons. The van der Waals surface area contributed by atoms with Crippen molar-refractivity contribution in [2.24, 2.45) is 0 Å². The lowest BCUT2D eigenvalue weighted by Gasteiger charge is -2.00. The van der Waals surface area contributed by atoms with Crippen molar-refractivity contribution in [1.29, 1.82) is 0 Å². The van der Waals surface area contributed by atoms with Crippen LogP contribution in [0.15, 0.2) is 53.3 Å². The molecule has 0 atom stereocenters. The highest BCUT2D eigenvalue weighted by atomic mass is 35.5. The van der Waals surface area contributed by atoms with Gasteiger partial charge in [0.15, 0.2) is 0 Å². The molecule has 0 unspecified atom stereocenters. The first-order chi connectivity index (χ1) is 10.7. The molecular formula is C15H11ClN4O2. The fourth-order valence-corrected chi connectivity index (χ4v) is 1.92. The molecule has 1 N–H and O–H groups in total. The van der Waals surface area contributed by atoms with Crippen molar-refractivity contribution in [1.82, 2.24) is 20.4 Å². The number of pyridine rings is 1. The van der Waals surface area contributed by atoms with Gasteiger partial charge in [0.25, 0.3) is 5.91 Å². The maximum absolute atomic E-state index is 11.9. The maximum Gasteiger partial charge on any atom is 0.253 e. The molecule has 1 amide bonds. The number of hydrogen-bond acceptors (Lipinski definition) is 5. The molecule has 3 aromatic rings. The van der Waals surface area contributed by atoms with Crippen LogP contribution in [0.5, 0.6) is 0 Å². The van der Waals surface area contributed by atoms with Crippen LogP contribution < -0.4 is 5.32 Å². The van der Waals surface area contributed by atoms with E-state index in [2.05, 4.69) is 20.4 Å². The first-order valence-corrected chi connectivity index (χ1v) is 6.87. The van der Waals surface area contributed by atoms with E-state index >= 15 is 0 Å². The molecule has 22 heavy (non-hydrogen) atoms. The van der Waals surface area contributed by atoms with Crippen molar-refractivity contribution in [2.45, 2.75) is 6.54 Å². The third-order valence-corrected chi connectivity index (χ3v) is 3.15. The molecule has 0 aliphatic carbocycles. The van der Waals surface area contributed by atoms with Gasteiger partial charge in [0.2, 0.25) is 11.7 Å². The lowest BCUT2D eigenvalue weighted by molar-refractivity contribution is 0.0946. The number of nitrogens with zero attached hydrogens (tertiary/aromatic N) is 3. The van der Waals surface area contributed by atoms with Gasteiger partial charge < -0.3 is 9.84 Å². The standard InChI is InChI=1S/C15H11ClN4O2/c16-12-5-3-10(4-6-12)14-19-13(22-20-14)9-18-15(21)11-2-1-7-17-8-11/h1-8H,9H2,(H,18,21). The number of halogens is 1. The highest BCUT2D eigenvalue weighted by Gasteiger charge is 2.10. The highest BCUT2D eigenvalue weighted by Crippen LogP contribution is 2.18. The molecule has 2 aromatic heterocycles. The summed E-state index contributed by atoms with van der Waals surface area (Å²) in [6.45, 7) is 0.147. The topological polar surface area (TPSA) is 80.9 Å². The van der Waals surface area contributed by atoms with E-state index in [4.69, 9.17) is 16.1 Å². The lowest BCUT2D eigenvalue weighted by atomic mass is 10.2. The van der Waals surface area contributed by atoms with Crippen LogP contribution in [-0.2, 0) is 6.54 Å². The number of rotatable bonds is 4. The number of carbonyl (C=O) groups excluding carboxylic acids is 1. The zero-order chi connectivity index (χ0) is 15.4. The van der Waals surface area contributed by atoms with E-state index in [-0.39, 0.29) is 12.5 Å². The minimum absolute atomic E-state index is 0.147. The Morgan fingerprint density at radius 2 is 2.05 bits per heavy atom. The van der Waals surface area contributed by atoms with E-state index in [0.717, 1.165) is 5.56 Å². The zero-order valence-electron chi connectivity index (χ0n) is 11.4. The minimum atomic E-state index is -0.251. The Labute approximate surface area is 131 Å². The summed E-state index contributed by atoms with van der Waals surface area (Å²) in [5.74, 6) is 0.517. The Bertz CT molecular complexity index is 772. The quantitative estimate of drug-likeness (QED) is 0.800. The Morgan fingerprint density at radius 1 is 1.23 bits per heavy atom. The molecule has 0 fully saturated rings. The monoisotopic (exact) mass is 314 g/mol. The van der Waals surface area contributed by atoms with Crippen LogP contribution in [0.3, 0.4) is 0 Å². The van der Waals surface area contributed by atoms with Gasteiger partial charge >= 0.3 is 0 Å². The van der Waals surface area contributed by atoms with Crippen molar-refractivity contribution < 1.29 is 9.32 Å². The predicted molar refractivity (Wildman–Crippen MR) is 80.2 cm³/mol. The number of benzene rings is 1. The van der Waals surface area contributed by atoms with E-state index in [0.29, 0.717) is 22.3 Å². The van der Waals surface area contributed by atoms with E-state index < -0.39 is 0 Å². The van der Waals surface area contributed by atoms with Crippen LogP contribution in [0, 0.1) is 0 Å². The summed E-state index contributed by atoms with van der Waals surface area (Å²) >= 11 is 5.83. The lowest BCUT2D eigenvalue weighted by Crippen LogP contribution is -2.22. The van der Waals surface area contributed by atoms with Crippen LogP contribution in [0.4, 0.5) is 0 Å². The number of hydrogen-bond donors (Lipinski definition) is 1. The molecule has 0 saturated heterocycles. The van der Waals surface area contributed by atoms with Crippen molar-refractivity contribution in [3.8, 4) is 11.4 Å². The second kappa shape index (κ2) is 6.36. The summed E-state index contributed by atoms with van der Waals surface area (Å²) in [5.41, 5.74) is 1.26. The summed E-state index contributed by atoms with van der Waals surface area (Å²) in [5, 5.41) is 7.20. The van der Waals surface area contributed by atoms with Gasteiger partial charge in [-0.2, -0.15) is 4.98 Å². The smallest absolute Gasteiger partial charge is 0.253 e. The Kier molecular flexibility index (Phi) is 4.11. The van der Waals surface area contributed by atoms with Gasteiger partial charge in [0, 0.05) is 23.0 Å². The van der Waals surface area contributed by atoms with E-state index in [1.807, 2.05) is 0 Å². The average molecular weight is 315 g/mol. The third kappa shape index (κ3) is 3.29. The first-order valence-electron chi connectivity index (χ1n) is 6.49. The molecule has 0 saturated carbocycles. The summed E-state index contributed by atoms with van der Waals surface area (Å²) < 4.78 is 5.11. The molecule has 1 aromatic carbocycles. The van der Waals surface area contributed by atoms with Crippen LogP contribution in [0.25, 0.3) is 11.4 Å². The first kappa shape index (κ1) is 14.2. The van der Waals surface area contributed by atoms with E-state index in [1.54, 1.807) is 42.6 Å². The fraction of sp³-hybridized carbons (Fsp3) is 0.0667. The fourth-order valence-electron chi connectivity index (χ4n) is 1.80. The molecule has 0 aliphatic heterocycles. The number of carbonyl (C=O) groups is 1. The average Bonchev–Trinajstić information content (AvgIpc) is 3.03. The van der Waals surface area contributed by atoms with Crippen molar-refractivity contribution in [3.05, 3.63) is 65.3 Å². The summed E-state index contributed by atoms with van der Waals surface area (Å²) in [7, 11) is 0. The zero-order valence-corrected chi connectivity index (χ0v) is 12.1. The van der Waals surface area contributed by atoms with Crippen molar-refractivity contribution in [3.63, 3.8) is 0 Å². The maximum atomic E-state index is 11.9. The molecule has 6 nitrogen and oxygen atoms in total. The van der Waals surface area contributed by atoms with Gasteiger partial charge in [0.05, 0.1) is 12.1 Å². The second-order valence-electron chi connectivity index (χ2n) is 4.44. The number of amides is 1. The van der Waals surface area contributed by atoms with Crippen molar-refractivity contribution >= 4 is 17.5 Å². The normalized spacial score (nSPS) is 10.4. The molecule has 0 spiro atoms. The molecule has 2 heterocycles. The highest BCUT2D eigenvalue weighted by molar-refractivity contribution is 6.30. The Morgan fingerprint density at radius 3 is 2.77 bits per heavy atom. The van der Waals surface area contributed by atoms with Gasteiger partial charge in [-0.25, -0.2) is 0 Å². The molecular weight excluding hydrogens is 304 g/mol. The van der Waals surface area contributed by atoms with Crippen LogP contribution in [-0.4, -0.2) is 21.0 Å². The van der Waals surface area contributed by atoms with Gasteiger partial charge in [-0.05, 0) is 36.4 Å². The van der Waals surface area contributed by atoms with Gasteiger partial charge in [-0.1, -0.05) is 16.8 Å². The van der Waals surface area contributed by atoms with Gasteiger partial charge in [0.1, 0.15) is 0 Å². The molecule has 0 bridgehead atoms. The van der Waals surface area contributed by atoms with Crippen LogP contribution in [0.1, 0.15) is 16.2 Å².